The van der Waals surface area contributed by atoms with Gasteiger partial charge in [0.1, 0.15) is 0 Å². The summed E-state index contributed by atoms with van der Waals surface area (Å²) in [7, 11) is 3.25. The van der Waals surface area contributed by atoms with Crippen LogP contribution < -0.4 is 21.3 Å². The van der Waals surface area contributed by atoms with Gasteiger partial charge in [-0.1, -0.05) is 19.8 Å². The first-order valence-electron chi connectivity index (χ1n) is 15.1. The summed E-state index contributed by atoms with van der Waals surface area (Å²) in [6.07, 6.45) is 9.47. The third-order valence-electron chi connectivity index (χ3n) is 9.12. The molecule has 3 fully saturated rings. The molecule has 228 valence electrons. The van der Waals surface area contributed by atoms with E-state index in [-0.39, 0.29) is 73.4 Å². The molecule has 3 saturated carbocycles. The van der Waals surface area contributed by atoms with Crippen LogP contribution in [0.1, 0.15) is 96.8 Å². The van der Waals surface area contributed by atoms with Crippen LogP contribution in [0.5, 0.6) is 0 Å². The molecule has 0 heterocycles. The largest absolute Gasteiger partial charge is 0.481 e. The monoisotopic (exact) mass is 566 g/mol. The summed E-state index contributed by atoms with van der Waals surface area (Å²) in [5.41, 5.74) is 0. The highest BCUT2D eigenvalue weighted by Gasteiger charge is 2.36. The Bertz CT molecular complexity index is 848. The van der Waals surface area contributed by atoms with Crippen molar-refractivity contribution in [1.29, 1.82) is 0 Å². The lowest BCUT2D eigenvalue weighted by Crippen LogP contribution is -2.50. The molecule has 5 N–H and O–H groups in total. The summed E-state index contributed by atoms with van der Waals surface area (Å²) < 4.78 is 11.0. The maximum absolute atomic E-state index is 12.7. The minimum absolute atomic E-state index is 0.000262. The van der Waals surface area contributed by atoms with Gasteiger partial charge in [-0.25, -0.2) is 4.79 Å². The molecule has 0 bridgehead atoms. The Morgan fingerprint density at radius 2 is 1.40 bits per heavy atom. The van der Waals surface area contributed by atoms with Crippen LogP contribution in [0, 0.1) is 11.8 Å². The number of hydrogen-bond acceptors (Lipinski definition) is 6. The van der Waals surface area contributed by atoms with Crippen molar-refractivity contribution in [1.82, 2.24) is 21.3 Å². The molecular formula is C29H50N4O7. The molecule has 0 saturated heterocycles. The third-order valence-corrected chi connectivity index (χ3v) is 9.12. The molecular weight excluding hydrogens is 516 g/mol. The van der Waals surface area contributed by atoms with Crippen molar-refractivity contribution in [3.63, 3.8) is 0 Å². The fraction of sp³-hybridized carbons (Fsp3) is 0.862. The Hall–Kier alpha value is -2.40. The van der Waals surface area contributed by atoms with Crippen molar-refractivity contribution in [2.24, 2.45) is 11.8 Å². The predicted octanol–water partition coefficient (Wildman–Crippen LogP) is 2.86. The van der Waals surface area contributed by atoms with Crippen LogP contribution in [0.4, 0.5) is 4.79 Å². The van der Waals surface area contributed by atoms with Gasteiger partial charge in [0.25, 0.3) is 0 Å². The SMILES string of the molecule is COC1CCC(C(CC(=O)O)NC(=O)CCC(=O)NC2CCC(NC(=O)NC3CCCCC3C)CC2)CC1OC. The third kappa shape index (κ3) is 10.2. The van der Waals surface area contributed by atoms with E-state index in [0.29, 0.717) is 12.3 Å². The van der Waals surface area contributed by atoms with Gasteiger partial charge in [-0.05, 0) is 69.6 Å². The number of carbonyl (C=O) groups excluding carboxylic acids is 3. The van der Waals surface area contributed by atoms with Crippen molar-refractivity contribution < 1.29 is 33.8 Å². The van der Waals surface area contributed by atoms with Gasteiger partial charge in [-0.2, -0.15) is 0 Å². The van der Waals surface area contributed by atoms with Crippen molar-refractivity contribution in [2.75, 3.05) is 14.2 Å². The number of carboxylic acids is 1. The van der Waals surface area contributed by atoms with Crippen LogP contribution in [-0.2, 0) is 23.9 Å². The molecule has 11 heteroatoms. The molecule has 0 aromatic heterocycles. The smallest absolute Gasteiger partial charge is 0.315 e. The van der Waals surface area contributed by atoms with Crippen LogP contribution in [0.25, 0.3) is 0 Å². The highest BCUT2D eigenvalue weighted by Crippen LogP contribution is 2.31. The van der Waals surface area contributed by atoms with Gasteiger partial charge in [-0.15, -0.1) is 0 Å². The number of ether oxygens (including phenoxy) is 2. The molecule has 6 unspecified atom stereocenters. The van der Waals surface area contributed by atoms with Gasteiger partial charge < -0.3 is 35.8 Å². The van der Waals surface area contributed by atoms with Gasteiger partial charge in [-0.3, -0.25) is 14.4 Å². The van der Waals surface area contributed by atoms with E-state index in [0.717, 1.165) is 57.8 Å². The lowest BCUT2D eigenvalue weighted by atomic mass is 9.79. The standard InChI is InChI=1S/C29H50N4O7/c1-18-6-4-5-7-22(18)33-29(38)31-21-11-9-20(10-12-21)30-26(34)14-15-27(35)32-23(17-28(36)37)19-8-13-24(39-2)25(16-19)40-3/h18-25H,4-17H2,1-3H3,(H,30,34)(H,32,35)(H,36,37)(H2,31,33,38). The topological polar surface area (TPSA) is 155 Å². The van der Waals surface area contributed by atoms with Crippen molar-refractivity contribution in [3.05, 3.63) is 0 Å². The maximum atomic E-state index is 12.7. The Labute approximate surface area is 238 Å². The summed E-state index contributed by atoms with van der Waals surface area (Å²) in [6, 6.07) is -0.251. The quantitative estimate of drug-likeness (QED) is 0.243. The number of aliphatic carboxylic acids is 1. The van der Waals surface area contributed by atoms with Gasteiger partial charge >= 0.3 is 12.0 Å². The number of urea groups is 1. The van der Waals surface area contributed by atoms with E-state index in [2.05, 4.69) is 28.2 Å². The molecule has 6 atom stereocenters. The molecule has 4 amide bonds. The summed E-state index contributed by atoms with van der Waals surface area (Å²) in [4.78, 5) is 49.2. The number of nitrogens with one attached hydrogen (secondary N) is 4. The number of carboxylic acid groups (broad SMARTS) is 1. The minimum atomic E-state index is -0.975. The number of methoxy groups -OCH3 is 2. The van der Waals surface area contributed by atoms with E-state index >= 15 is 0 Å². The fourth-order valence-electron chi connectivity index (χ4n) is 6.65. The van der Waals surface area contributed by atoms with Gasteiger partial charge in [0, 0.05) is 51.2 Å². The van der Waals surface area contributed by atoms with Crippen molar-refractivity contribution in [2.45, 2.75) is 133 Å². The fourth-order valence-corrected chi connectivity index (χ4v) is 6.65. The highest BCUT2D eigenvalue weighted by atomic mass is 16.5. The van der Waals surface area contributed by atoms with Crippen LogP contribution in [-0.4, -0.2) is 79.5 Å². The highest BCUT2D eigenvalue weighted by molar-refractivity contribution is 5.84. The molecule has 0 aliphatic heterocycles. The Morgan fingerprint density at radius 1 is 0.775 bits per heavy atom. The summed E-state index contributed by atoms with van der Waals surface area (Å²) in [5.74, 6) is -1.02. The molecule has 3 rings (SSSR count). The van der Waals surface area contributed by atoms with Crippen LogP contribution in [0.2, 0.25) is 0 Å². The molecule has 0 radical (unpaired) electrons. The second-order valence-corrected chi connectivity index (χ2v) is 12.0. The summed E-state index contributed by atoms with van der Waals surface area (Å²) in [6.45, 7) is 2.20. The molecule has 0 spiro atoms. The van der Waals surface area contributed by atoms with Crippen LogP contribution in [0.3, 0.4) is 0 Å². The zero-order valence-corrected chi connectivity index (χ0v) is 24.4. The molecule has 40 heavy (non-hydrogen) atoms. The molecule has 0 aromatic carbocycles. The second-order valence-electron chi connectivity index (χ2n) is 12.0. The van der Waals surface area contributed by atoms with Crippen molar-refractivity contribution in [3.8, 4) is 0 Å². The lowest BCUT2D eigenvalue weighted by Gasteiger charge is -2.38. The average molecular weight is 567 g/mol. The van der Waals surface area contributed by atoms with E-state index in [1.807, 2.05) is 0 Å². The van der Waals surface area contributed by atoms with Crippen LogP contribution >= 0.6 is 0 Å². The molecule has 3 aliphatic carbocycles. The zero-order valence-electron chi connectivity index (χ0n) is 24.4. The van der Waals surface area contributed by atoms with Crippen molar-refractivity contribution >= 4 is 23.8 Å². The summed E-state index contributed by atoms with van der Waals surface area (Å²) in [5, 5.41) is 21.5. The Balaban J connectivity index is 1.35. The number of carbonyl (C=O) groups is 4. The average Bonchev–Trinajstić information content (AvgIpc) is 2.93. The first-order chi connectivity index (χ1) is 19.2. The predicted molar refractivity (Wildman–Crippen MR) is 150 cm³/mol. The number of amides is 4. The summed E-state index contributed by atoms with van der Waals surface area (Å²) >= 11 is 0. The van der Waals surface area contributed by atoms with E-state index in [4.69, 9.17) is 9.47 Å². The Morgan fingerprint density at radius 3 is 2.02 bits per heavy atom. The van der Waals surface area contributed by atoms with E-state index in [9.17, 15) is 24.3 Å². The first kappa shape index (κ1) is 32.1. The van der Waals surface area contributed by atoms with Gasteiger partial charge in [0.05, 0.1) is 18.6 Å². The van der Waals surface area contributed by atoms with E-state index < -0.39 is 12.0 Å². The number of hydrogen-bond donors (Lipinski definition) is 5. The van der Waals surface area contributed by atoms with E-state index in [1.54, 1.807) is 14.2 Å². The zero-order chi connectivity index (χ0) is 29.1. The minimum Gasteiger partial charge on any atom is -0.481 e. The lowest BCUT2D eigenvalue weighted by molar-refractivity contribution is -0.139. The van der Waals surface area contributed by atoms with Crippen LogP contribution in [0.15, 0.2) is 0 Å². The first-order valence-corrected chi connectivity index (χ1v) is 15.1. The Kier molecular flexibility index (Phi) is 13.0. The maximum Gasteiger partial charge on any atom is 0.315 e. The number of rotatable bonds is 12. The van der Waals surface area contributed by atoms with E-state index in [1.165, 1.54) is 6.42 Å². The van der Waals surface area contributed by atoms with Gasteiger partial charge in [0.15, 0.2) is 0 Å². The molecule has 3 aliphatic rings. The second kappa shape index (κ2) is 16.1. The van der Waals surface area contributed by atoms with Gasteiger partial charge in [0.2, 0.25) is 11.8 Å². The molecule has 11 nitrogen and oxygen atoms in total. The normalized spacial score (nSPS) is 31.4. The molecule has 0 aromatic rings.